The van der Waals surface area contributed by atoms with Crippen LogP contribution in [0.15, 0.2) is 65.6 Å². The van der Waals surface area contributed by atoms with Crippen molar-refractivity contribution in [2.75, 3.05) is 66.1 Å². The lowest BCUT2D eigenvalue weighted by Gasteiger charge is -2.72. The highest BCUT2D eigenvalue weighted by Gasteiger charge is 2.72. The maximum absolute atomic E-state index is 13.3. The van der Waals surface area contributed by atoms with Gasteiger partial charge >= 0.3 is 0 Å². The summed E-state index contributed by atoms with van der Waals surface area (Å²) >= 11 is 0. The molecule has 9 rings (SSSR count). The smallest absolute Gasteiger partial charge is 0.264 e. The number of ether oxygens (including phenoxy) is 4. The summed E-state index contributed by atoms with van der Waals surface area (Å²) in [6.07, 6.45) is 4.30. The number of rotatable bonds is 18. The first kappa shape index (κ1) is 41.6. The molecular formula is C45H50N6O10. The molecule has 0 spiro atoms. The van der Waals surface area contributed by atoms with Crippen molar-refractivity contribution in [3.63, 3.8) is 0 Å². The van der Waals surface area contributed by atoms with Gasteiger partial charge in [-0.1, -0.05) is 24.3 Å². The minimum atomic E-state index is -1.03. The molecule has 320 valence electrons. The Morgan fingerprint density at radius 1 is 0.852 bits per heavy atom. The first-order valence-electron chi connectivity index (χ1n) is 20.5. The van der Waals surface area contributed by atoms with E-state index in [1.807, 2.05) is 42.6 Å². The number of fused-ring (bicyclic) bond motifs is 2. The third-order valence-electron chi connectivity index (χ3n) is 12.6. The number of nitrogens with zero attached hydrogens (tertiary/aromatic N) is 3. The largest absolute Gasteiger partial charge is 0.496 e. The molecule has 4 fully saturated rings. The minimum Gasteiger partial charge on any atom is -0.496 e. The summed E-state index contributed by atoms with van der Waals surface area (Å²) in [5, 5.41) is 9.90. The molecule has 1 unspecified atom stereocenters. The van der Waals surface area contributed by atoms with Crippen molar-refractivity contribution in [3.8, 4) is 22.6 Å². The highest BCUT2D eigenvalue weighted by atomic mass is 16.5. The number of amides is 5. The topological polar surface area (TPSA) is 187 Å². The van der Waals surface area contributed by atoms with Gasteiger partial charge in [0.2, 0.25) is 17.7 Å². The van der Waals surface area contributed by atoms with Gasteiger partial charge in [-0.3, -0.25) is 43.9 Å². The summed E-state index contributed by atoms with van der Waals surface area (Å²) in [6, 6.07) is 15.4. The third-order valence-corrected chi connectivity index (χ3v) is 12.6. The van der Waals surface area contributed by atoms with Crippen molar-refractivity contribution in [2.24, 2.45) is 12.5 Å². The van der Waals surface area contributed by atoms with Crippen LogP contribution in [-0.2, 0) is 37.4 Å². The molecule has 3 aromatic carbocycles. The fourth-order valence-corrected chi connectivity index (χ4v) is 9.39. The van der Waals surface area contributed by atoms with E-state index in [-0.39, 0.29) is 46.4 Å². The number of pyridine rings is 1. The van der Waals surface area contributed by atoms with Crippen LogP contribution in [0.4, 0.5) is 5.69 Å². The molecule has 3 heterocycles. The maximum atomic E-state index is 13.3. The van der Waals surface area contributed by atoms with E-state index in [0.717, 1.165) is 46.2 Å². The van der Waals surface area contributed by atoms with Gasteiger partial charge in [-0.05, 0) is 74.0 Å². The average Bonchev–Trinajstić information content (AvgIpc) is 3.47. The summed E-state index contributed by atoms with van der Waals surface area (Å²) in [5.74, 6) is -0.789. The van der Waals surface area contributed by atoms with Crippen molar-refractivity contribution >= 4 is 46.0 Å². The number of methoxy groups -OCH3 is 2. The number of anilines is 1. The molecule has 61 heavy (non-hydrogen) atoms. The second-order valence-electron chi connectivity index (χ2n) is 16.3. The van der Waals surface area contributed by atoms with Crippen molar-refractivity contribution in [2.45, 2.75) is 50.2 Å². The van der Waals surface area contributed by atoms with Gasteiger partial charge in [0.25, 0.3) is 17.4 Å². The molecule has 2 aliphatic heterocycles. The van der Waals surface area contributed by atoms with Crippen molar-refractivity contribution in [3.05, 3.63) is 87.8 Å². The van der Waals surface area contributed by atoms with E-state index < -0.39 is 29.7 Å². The lowest BCUT2D eigenvalue weighted by molar-refractivity contribution is -0.215. The standard InChI is InChI=1S/C45H50N6O10/c1-49-22-31(28-8-5-6-9-29(28)40(49)54)27-20-35(58-3)32(36(21-27)59-4)23-50(2)45-24-44(25-45,26-45)43(57)47-15-17-61-19-18-60-16-14-46-33-11-7-10-30-38(33)42(56)51(41(30)55)34-12-13-37(52)48-39(34)53/h5-11,20-22,34,46H,12-19,23-26H2,1-4H3,(H,47,57)(H,48,52,53). The fraction of sp³-hybridized carbons (Fsp3) is 0.422. The van der Waals surface area contributed by atoms with E-state index in [2.05, 4.69) is 27.9 Å². The Labute approximate surface area is 352 Å². The van der Waals surface area contributed by atoms with Crippen LogP contribution in [0.3, 0.4) is 0 Å². The third kappa shape index (κ3) is 7.53. The highest BCUT2D eigenvalue weighted by molar-refractivity contribution is 6.25. The molecule has 3 aliphatic carbocycles. The number of benzene rings is 3. The molecule has 1 saturated heterocycles. The van der Waals surface area contributed by atoms with Crippen LogP contribution in [-0.4, -0.2) is 116 Å². The number of aromatic nitrogens is 1. The van der Waals surface area contributed by atoms with Gasteiger partial charge < -0.3 is 34.1 Å². The number of hydrogen-bond acceptors (Lipinski definition) is 12. The number of carbonyl (C=O) groups is 5. The lowest BCUT2D eigenvalue weighted by atomic mass is 9.38. The molecule has 16 nitrogen and oxygen atoms in total. The van der Waals surface area contributed by atoms with E-state index >= 15 is 0 Å². The van der Waals surface area contributed by atoms with Gasteiger partial charge in [-0.15, -0.1) is 0 Å². The zero-order chi connectivity index (χ0) is 43.1. The van der Waals surface area contributed by atoms with E-state index in [1.54, 1.807) is 44.0 Å². The summed E-state index contributed by atoms with van der Waals surface area (Å²) in [5.41, 5.74) is 3.06. The van der Waals surface area contributed by atoms with E-state index in [0.29, 0.717) is 68.6 Å². The molecule has 5 amide bonds. The number of piperidine rings is 1. The van der Waals surface area contributed by atoms with Crippen molar-refractivity contribution in [1.29, 1.82) is 0 Å². The fourth-order valence-electron chi connectivity index (χ4n) is 9.39. The summed E-state index contributed by atoms with van der Waals surface area (Å²) in [7, 11) is 7.12. The second kappa shape index (κ2) is 16.7. The molecule has 3 N–H and O–H groups in total. The number of hydrogen-bond donors (Lipinski definition) is 3. The predicted octanol–water partition coefficient (Wildman–Crippen LogP) is 3.24. The summed E-state index contributed by atoms with van der Waals surface area (Å²) < 4.78 is 24.8. The Balaban J connectivity index is 0.748. The van der Waals surface area contributed by atoms with Gasteiger partial charge in [0.05, 0.1) is 62.8 Å². The Hall–Kier alpha value is -6.10. The quantitative estimate of drug-likeness (QED) is 0.0984. The molecule has 1 atom stereocenters. The van der Waals surface area contributed by atoms with Crippen molar-refractivity contribution in [1.82, 2.24) is 25.0 Å². The lowest BCUT2D eigenvalue weighted by Crippen LogP contribution is -2.77. The van der Waals surface area contributed by atoms with Gasteiger partial charge in [-0.2, -0.15) is 0 Å². The molecule has 0 radical (unpaired) electrons. The molecule has 16 heteroatoms. The summed E-state index contributed by atoms with van der Waals surface area (Å²) in [6.45, 7) is 2.62. The van der Waals surface area contributed by atoms with Crippen LogP contribution in [0, 0.1) is 5.41 Å². The van der Waals surface area contributed by atoms with Crippen LogP contribution >= 0.6 is 0 Å². The number of aryl methyl sites for hydroxylation is 1. The Morgan fingerprint density at radius 3 is 2.20 bits per heavy atom. The van der Waals surface area contributed by atoms with Crippen LogP contribution < -0.4 is 31.0 Å². The predicted molar refractivity (Wildman–Crippen MR) is 224 cm³/mol. The Kier molecular flexibility index (Phi) is 11.4. The monoisotopic (exact) mass is 834 g/mol. The van der Waals surface area contributed by atoms with Gasteiger partial charge in [0.15, 0.2) is 0 Å². The summed E-state index contributed by atoms with van der Waals surface area (Å²) in [4.78, 5) is 79.6. The highest BCUT2D eigenvalue weighted by Crippen LogP contribution is 2.70. The van der Waals surface area contributed by atoms with Gasteiger partial charge in [0, 0.05) is 61.5 Å². The Bertz CT molecular complexity index is 2450. The number of carbonyl (C=O) groups excluding carboxylic acids is 5. The van der Waals surface area contributed by atoms with Crippen molar-refractivity contribution < 1.29 is 42.9 Å². The van der Waals surface area contributed by atoms with Crippen LogP contribution in [0.1, 0.15) is 58.4 Å². The molecule has 1 aromatic heterocycles. The number of imide groups is 2. The zero-order valence-electron chi connectivity index (χ0n) is 34.8. The molecular weight excluding hydrogens is 785 g/mol. The van der Waals surface area contributed by atoms with E-state index in [1.165, 1.54) is 0 Å². The van der Waals surface area contributed by atoms with Gasteiger partial charge in [0.1, 0.15) is 17.5 Å². The maximum Gasteiger partial charge on any atom is 0.264 e. The first-order valence-corrected chi connectivity index (χ1v) is 20.5. The van der Waals surface area contributed by atoms with Gasteiger partial charge in [-0.25, -0.2) is 0 Å². The average molecular weight is 835 g/mol. The normalized spacial score (nSPS) is 21.5. The minimum absolute atomic E-state index is 0.0468. The SMILES string of the molecule is COc1cc(-c2cn(C)c(=O)c3ccccc23)cc(OC)c1CN(C)C12CC(C(=O)NCCOCCOCCNc3cccc4c3C(=O)N(C3CCC(=O)NC3=O)C4=O)(C1)C2. The van der Waals surface area contributed by atoms with Crippen LogP contribution in [0.5, 0.6) is 11.5 Å². The molecule has 5 aliphatic rings. The molecule has 4 aromatic rings. The zero-order valence-corrected chi connectivity index (χ0v) is 34.8. The Morgan fingerprint density at radius 2 is 1.52 bits per heavy atom. The first-order chi connectivity index (χ1) is 29.4. The van der Waals surface area contributed by atoms with E-state index in [4.69, 9.17) is 18.9 Å². The van der Waals surface area contributed by atoms with E-state index in [9.17, 15) is 28.8 Å². The van der Waals surface area contributed by atoms with Crippen LogP contribution in [0.2, 0.25) is 0 Å². The van der Waals surface area contributed by atoms with Crippen LogP contribution in [0.25, 0.3) is 21.9 Å². The second-order valence-corrected chi connectivity index (χ2v) is 16.3. The molecule has 2 bridgehead atoms. The number of nitrogens with one attached hydrogen (secondary N) is 3. The molecule has 3 saturated carbocycles.